The van der Waals surface area contributed by atoms with E-state index in [2.05, 4.69) is 0 Å². The van der Waals surface area contributed by atoms with Gasteiger partial charge in [0.1, 0.15) is 17.6 Å². The Kier molecular flexibility index (Phi) is 5.60. The molecule has 0 saturated carbocycles. The number of ketones is 1. The number of hydrogen-bond acceptors (Lipinski definition) is 6. The van der Waals surface area contributed by atoms with Crippen molar-refractivity contribution < 1.29 is 29.0 Å². The summed E-state index contributed by atoms with van der Waals surface area (Å²) in [6.45, 7) is 5.03. The third-order valence-corrected chi connectivity index (χ3v) is 7.84. The second-order valence-electron chi connectivity index (χ2n) is 10.2. The van der Waals surface area contributed by atoms with E-state index in [0.29, 0.717) is 42.8 Å². The standard InChI is InChI=1S/C29H30N2O6/c1-3-12-30-22-9-5-4-8-21(22)29(28(30)35)24(26(33)27(34)31(29)16-20-7-6-13-36-20)25(32)18-10-11-23-19(15-18)14-17(2)37-23/h4-5,8-11,15,17,20,32H,3,6-7,12-14,16H2,1-2H3/t17-,20+,29+/m1/s1. The zero-order valence-electron chi connectivity index (χ0n) is 21.0. The molecule has 6 rings (SSSR count). The summed E-state index contributed by atoms with van der Waals surface area (Å²) in [7, 11) is 0. The molecule has 8 nitrogen and oxygen atoms in total. The lowest BCUT2D eigenvalue weighted by molar-refractivity contribution is -0.145. The quantitative estimate of drug-likeness (QED) is 0.382. The van der Waals surface area contributed by atoms with E-state index in [4.69, 9.17) is 9.47 Å². The fourth-order valence-corrected chi connectivity index (χ4v) is 6.27. The molecule has 37 heavy (non-hydrogen) atoms. The van der Waals surface area contributed by atoms with Crippen LogP contribution in [0.15, 0.2) is 48.0 Å². The number of nitrogens with zero attached hydrogens (tertiary/aromatic N) is 2. The van der Waals surface area contributed by atoms with Gasteiger partial charge in [-0.25, -0.2) is 0 Å². The maximum atomic E-state index is 14.4. The lowest BCUT2D eigenvalue weighted by Crippen LogP contribution is -2.53. The number of fused-ring (bicyclic) bond motifs is 3. The molecule has 0 radical (unpaired) electrons. The minimum absolute atomic E-state index is 0.00821. The van der Waals surface area contributed by atoms with E-state index in [1.54, 1.807) is 35.2 Å². The summed E-state index contributed by atoms with van der Waals surface area (Å²) in [5.41, 5.74) is 0.535. The maximum absolute atomic E-state index is 14.4. The average molecular weight is 503 g/mol. The summed E-state index contributed by atoms with van der Waals surface area (Å²) >= 11 is 0. The predicted octanol–water partition coefficient (Wildman–Crippen LogP) is 3.52. The van der Waals surface area contributed by atoms with Crippen molar-refractivity contribution in [3.8, 4) is 5.75 Å². The molecule has 0 aromatic heterocycles. The van der Waals surface area contributed by atoms with Crippen LogP contribution in [0, 0.1) is 0 Å². The molecular formula is C29H30N2O6. The Bertz CT molecular complexity index is 1340. The van der Waals surface area contributed by atoms with Gasteiger partial charge in [-0.05, 0) is 56.0 Å². The predicted molar refractivity (Wildman–Crippen MR) is 136 cm³/mol. The van der Waals surface area contributed by atoms with Crippen LogP contribution in [-0.2, 0) is 31.1 Å². The highest BCUT2D eigenvalue weighted by Crippen LogP contribution is 2.54. The summed E-state index contributed by atoms with van der Waals surface area (Å²) in [6, 6.07) is 12.5. The zero-order chi connectivity index (χ0) is 25.9. The van der Waals surface area contributed by atoms with E-state index >= 15 is 0 Å². The molecule has 4 aliphatic rings. The number of anilines is 1. The number of para-hydroxylation sites is 1. The smallest absolute Gasteiger partial charge is 0.296 e. The molecule has 3 atom stereocenters. The third-order valence-electron chi connectivity index (χ3n) is 7.84. The van der Waals surface area contributed by atoms with E-state index in [-0.39, 0.29) is 30.1 Å². The maximum Gasteiger partial charge on any atom is 0.296 e. The van der Waals surface area contributed by atoms with Crippen molar-refractivity contribution in [2.75, 3.05) is 24.6 Å². The van der Waals surface area contributed by atoms with Gasteiger partial charge in [-0.15, -0.1) is 0 Å². The lowest BCUT2D eigenvalue weighted by Gasteiger charge is -2.35. The van der Waals surface area contributed by atoms with Gasteiger partial charge in [-0.1, -0.05) is 25.1 Å². The Labute approximate surface area is 215 Å². The second kappa shape index (κ2) is 8.73. The molecule has 1 spiro atoms. The number of carbonyl (C=O) groups excluding carboxylic acids is 3. The first kappa shape index (κ1) is 23.7. The fraction of sp³-hybridized carbons (Fsp3) is 0.414. The summed E-state index contributed by atoms with van der Waals surface area (Å²) in [5.74, 6) is -1.67. The highest BCUT2D eigenvalue weighted by Gasteiger charge is 2.67. The minimum Gasteiger partial charge on any atom is -0.507 e. The summed E-state index contributed by atoms with van der Waals surface area (Å²) in [4.78, 5) is 44.8. The van der Waals surface area contributed by atoms with Crippen molar-refractivity contribution in [1.82, 2.24) is 4.90 Å². The van der Waals surface area contributed by atoms with E-state index in [9.17, 15) is 19.5 Å². The van der Waals surface area contributed by atoms with Gasteiger partial charge in [0.25, 0.3) is 17.6 Å². The van der Waals surface area contributed by atoms with Crippen LogP contribution in [0.2, 0.25) is 0 Å². The van der Waals surface area contributed by atoms with Gasteiger partial charge in [0, 0.05) is 37.2 Å². The largest absolute Gasteiger partial charge is 0.507 e. The monoisotopic (exact) mass is 502 g/mol. The van der Waals surface area contributed by atoms with E-state index in [1.807, 2.05) is 26.0 Å². The van der Waals surface area contributed by atoms with Crippen LogP contribution in [0.4, 0.5) is 5.69 Å². The summed E-state index contributed by atoms with van der Waals surface area (Å²) in [6.07, 6.45) is 2.67. The lowest BCUT2D eigenvalue weighted by atomic mass is 9.81. The van der Waals surface area contributed by atoms with Crippen LogP contribution in [-0.4, -0.2) is 59.5 Å². The van der Waals surface area contributed by atoms with E-state index in [0.717, 1.165) is 24.2 Å². The fourth-order valence-electron chi connectivity index (χ4n) is 6.27. The summed E-state index contributed by atoms with van der Waals surface area (Å²) < 4.78 is 11.6. The van der Waals surface area contributed by atoms with Gasteiger partial charge >= 0.3 is 0 Å². The zero-order valence-corrected chi connectivity index (χ0v) is 21.0. The van der Waals surface area contributed by atoms with Gasteiger partial charge in [0.15, 0.2) is 5.54 Å². The number of amides is 2. The normalized spacial score (nSPS) is 27.8. The number of aliphatic hydroxyl groups excluding tert-OH is 1. The second-order valence-corrected chi connectivity index (χ2v) is 10.2. The number of carbonyl (C=O) groups is 3. The average Bonchev–Trinajstić information content (AvgIpc) is 3.64. The number of ether oxygens (including phenoxy) is 2. The van der Waals surface area contributed by atoms with E-state index in [1.165, 1.54) is 4.90 Å². The van der Waals surface area contributed by atoms with Gasteiger partial charge in [0.2, 0.25) is 0 Å². The van der Waals surface area contributed by atoms with Crippen LogP contribution < -0.4 is 9.64 Å². The van der Waals surface area contributed by atoms with Gasteiger partial charge in [-0.3, -0.25) is 14.4 Å². The molecule has 0 aliphatic carbocycles. The van der Waals surface area contributed by atoms with Crippen molar-refractivity contribution in [1.29, 1.82) is 0 Å². The van der Waals surface area contributed by atoms with Crippen molar-refractivity contribution in [3.63, 3.8) is 0 Å². The van der Waals surface area contributed by atoms with Crippen molar-refractivity contribution in [2.24, 2.45) is 0 Å². The van der Waals surface area contributed by atoms with Crippen molar-refractivity contribution in [2.45, 2.75) is 57.3 Å². The van der Waals surface area contributed by atoms with Gasteiger partial charge in [-0.2, -0.15) is 0 Å². The number of benzene rings is 2. The first-order chi connectivity index (χ1) is 17.9. The Morgan fingerprint density at radius 3 is 2.73 bits per heavy atom. The van der Waals surface area contributed by atoms with E-state index < -0.39 is 23.1 Å². The first-order valence-electron chi connectivity index (χ1n) is 13.0. The van der Waals surface area contributed by atoms with Gasteiger partial charge in [0.05, 0.1) is 17.4 Å². The third kappa shape index (κ3) is 3.35. The summed E-state index contributed by atoms with van der Waals surface area (Å²) in [5, 5.41) is 11.7. The molecule has 8 heteroatoms. The Hall–Kier alpha value is -3.65. The number of hydrogen-bond donors (Lipinski definition) is 1. The van der Waals surface area contributed by atoms with Crippen LogP contribution in [0.1, 0.15) is 49.8 Å². The molecule has 2 aromatic rings. The number of rotatable bonds is 5. The molecule has 0 bridgehead atoms. The van der Waals surface area contributed by atoms with Crippen LogP contribution in [0.3, 0.4) is 0 Å². The number of Topliss-reactive ketones (excluding diaryl/α,β-unsaturated/α-hetero) is 1. The van der Waals surface area contributed by atoms with Gasteiger partial charge < -0.3 is 24.4 Å². The molecular weight excluding hydrogens is 472 g/mol. The molecule has 192 valence electrons. The molecule has 2 saturated heterocycles. The van der Waals surface area contributed by atoms with Crippen molar-refractivity contribution in [3.05, 3.63) is 64.7 Å². The SMILES string of the molecule is CCCN1C(=O)[C@@]2(C(=C(O)c3ccc4c(c3)C[C@@H](C)O4)C(=O)C(=O)N2C[C@@H]2CCCO2)c2ccccc21. The number of likely N-dealkylation sites (tertiary alicyclic amines) is 1. The highest BCUT2D eigenvalue weighted by molar-refractivity contribution is 6.50. The van der Waals surface area contributed by atoms with Crippen molar-refractivity contribution >= 4 is 29.0 Å². The minimum atomic E-state index is -1.75. The molecule has 2 aromatic carbocycles. The Balaban J connectivity index is 1.59. The molecule has 2 fully saturated rings. The highest BCUT2D eigenvalue weighted by atomic mass is 16.5. The molecule has 4 aliphatic heterocycles. The Morgan fingerprint density at radius 2 is 1.97 bits per heavy atom. The van der Waals surface area contributed by atoms with Crippen LogP contribution >= 0.6 is 0 Å². The van der Waals surface area contributed by atoms with Crippen LogP contribution in [0.5, 0.6) is 5.75 Å². The molecule has 1 N–H and O–H groups in total. The molecule has 2 amide bonds. The molecule has 0 unspecified atom stereocenters. The Morgan fingerprint density at radius 1 is 1.16 bits per heavy atom. The van der Waals surface area contributed by atoms with Crippen LogP contribution in [0.25, 0.3) is 5.76 Å². The topological polar surface area (TPSA) is 96.4 Å². The molecule has 4 heterocycles. The number of aliphatic hydroxyl groups is 1. The first-order valence-corrected chi connectivity index (χ1v) is 13.0.